The molecule has 0 fully saturated rings. The van der Waals surface area contributed by atoms with Crippen LogP contribution in [0, 0.1) is 11.3 Å². The first-order chi connectivity index (χ1) is 9.11. The van der Waals surface area contributed by atoms with Crippen molar-refractivity contribution in [3.8, 4) is 17.2 Å². The Balaban J connectivity index is 2.24. The molecule has 0 aliphatic carbocycles. The molecule has 96 valence electrons. The second kappa shape index (κ2) is 5.85. The molecule has 0 bridgehead atoms. The molecule has 0 aliphatic heterocycles. The van der Waals surface area contributed by atoms with Crippen molar-refractivity contribution in [3.63, 3.8) is 0 Å². The molecule has 4 heteroatoms. The van der Waals surface area contributed by atoms with Gasteiger partial charge in [-0.3, -0.25) is 0 Å². The Morgan fingerprint density at radius 3 is 1.84 bits per heavy atom. The second-order valence-corrected chi connectivity index (χ2v) is 4.58. The number of nitrogens with zero attached hydrogens (tertiary/aromatic N) is 1. The predicted molar refractivity (Wildman–Crippen MR) is 73.5 cm³/mol. The van der Waals surface area contributed by atoms with E-state index >= 15 is 0 Å². The second-order valence-electron chi connectivity index (χ2n) is 4.15. The lowest BCUT2D eigenvalue weighted by atomic mass is 10.00. The molecule has 0 saturated heterocycles. The van der Waals surface area contributed by atoms with Gasteiger partial charge < -0.3 is 10.2 Å². The van der Waals surface area contributed by atoms with E-state index in [1.165, 1.54) is 0 Å². The van der Waals surface area contributed by atoms with Gasteiger partial charge in [0, 0.05) is 5.02 Å². The molecule has 0 aliphatic rings. The number of rotatable bonds is 3. The lowest BCUT2D eigenvalue weighted by Gasteiger charge is -2.12. The van der Waals surface area contributed by atoms with Gasteiger partial charge in [-0.25, -0.2) is 0 Å². The molecule has 0 aromatic heterocycles. The zero-order valence-corrected chi connectivity index (χ0v) is 10.7. The number of aliphatic hydroxyl groups excluding tert-OH is 2. The monoisotopic (exact) mass is 273 g/mol. The van der Waals surface area contributed by atoms with Gasteiger partial charge in [0.15, 0.2) is 6.10 Å². The van der Waals surface area contributed by atoms with Crippen LogP contribution in [0.2, 0.25) is 5.02 Å². The maximum Gasteiger partial charge on any atom is 0.170 e. The maximum atomic E-state index is 9.70. The van der Waals surface area contributed by atoms with Gasteiger partial charge in [0.2, 0.25) is 0 Å². The average Bonchev–Trinajstić information content (AvgIpc) is 2.46. The summed E-state index contributed by atoms with van der Waals surface area (Å²) in [6.07, 6.45) is -2.61. The quantitative estimate of drug-likeness (QED) is 0.845. The molecule has 0 saturated carbocycles. The van der Waals surface area contributed by atoms with Gasteiger partial charge in [-0.2, -0.15) is 5.26 Å². The van der Waals surface area contributed by atoms with Crippen molar-refractivity contribution in [2.75, 3.05) is 0 Å². The van der Waals surface area contributed by atoms with Crippen LogP contribution in [0.4, 0.5) is 0 Å². The Bertz CT molecular complexity index is 587. The van der Waals surface area contributed by atoms with Crippen molar-refractivity contribution in [1.29, 1.82) is 5.26 Å². The minimum atomic E-state index is -1.42. The van der Waals surface area contributed by atoms with Gasteiger partial charge in [-0.15, -0.1) is 0 Å². The Hall–Kier alpha value is -1.86. The molecule has 0 amide bonds. The summed E-state index contributed by atoms with van der Waals surface area (Å²) >= 11 is 5.83. The molecule has 2 unspecified atom stereocenters. The van der Waals surface area contributed by atoms with Gasteiger partial charge >= 0.3 is 0 Å². The molecule has 3 nitrogen and oxygen atoms in total. The Morgan fingerprint density at radius 1 is 0.895 bits per heavy atom. The average molecular weight is 274 g/mol. The van der Waals surface area contributed by atoms with Crippen molar-refractivity contribution >= 4 is 11.6 Å². The van der Waals surface area contributed by atoms with Crippen LogP contribution in [-0.4, -0.2) is 16.3 Å². The van der Waals surface area contributed by atoms with Crippen molar-refractivity contribution < 1.29 is 10.2 Å². The summed E-state index contributed by atoms with van der Waals surface area (Å²) < 4.78 is 0. The van der Waals surface area contributed by atoms with E-state index in [0.717, 1.165) is 11.1 Å². The van der Waals surface area contributed by atoms with Crippen LogP contribution in [-0.2, 0) is 0 Å². The number of halogens is 1. The van der Waals surface area contributed by atoms with E-state index in [0.29, 0.717) is 10.6 Å². The number of benzene rings is 2. The fraction of sp³-hybridized carbons (Fsp3) is 0.133. The van der Waals surface area contributed by atoms with Gasteiger partial charge in [0.1, 0.15) is 6.10 Å². The van der Waals surface area contributed by atoms with Crippen molar-refractivity contribution in [1.82, 2.24) is 0 Å². The van der Waals surface area contributed by atoms with Crippen LogP contribution < -0.4 is 0 Å². The molecule has 0 radical (unpaired) electrons. The fourth-order valence-electron chi connectivity index (χ4n) is 1.77. The van der Waals surface area contributed by atoms with Crippen LogP contribution in [0.3, 0.4) is 0 Å². The molecule has 2 atom stereocenters. The first kappa shape index (κ1) is 13.6. The van der Waals surface area contributed by atoms with Gasteiger partial charge in [0.25, 0.3) is 0 Å². The summed E-state index contributed by atoms with van der Waals surface area (Å²) in [6, 6.07) is 16.0. The SMILES string of the molecule is N#CC(O)C(O)c1ccc(-c2ccc(Cl)cc2)cc1. The summed E-state index contributed by atoms with van der Waals surface area (Å²) in [5.41, 5.74) is 2.48. The van der Waals surface area contributed by atoms with Crippen LogP contribution in [0.15, 0.2) is 48.5 Å². The number of hydrogen-bond acceptors (Lipinski definition) is 3. The molecule has 2 aromatic carbocycles. The third-order valence-electron chi connectivity index (χ3n) is 2.86. The maximum absolute atomic E-state index is 9.70. The molecular formula is C15H12ClNO2. The van der Waals surface area contributed by atoms with E-state index in [1.54, 1.807) is 30.3 Å². The highest BCUT2D eigenvalue weighted by Crippen LogP contribution is 2.24. The summed E-state index contributed by atoms with van der Waals surface area (Å²) in [5.74, 6) is 0. The van der Waals surface area contributed by atoms with E-state index in [4.69, 9.17) is 16.9 Å². The van der Waals surface area contributed by atoms with E-state index < -0.39 is 12.2 Å². The highest BCUT2D eigenvalue weighted by atomic mass is 35.5. The summed E-state index contributed by atoms with van der Waals surface area (Å²) in [5, 5.41) is 28.2. The summed E-state index contributed by atoms with van der Waals surface area (Å²) in [6.45, 7) is 0. The highest BCUT2D eigenvalue weighted by Gasteiger charge is 2.17. The number of hydrogen-bond donors (Lipinski definition) is 2. The van der Waals surface area contributed by atoms with Gasteiger partial charge in [-0.1, -0.05) is 48.0 Å². The van der Waals surface area contributed by atoms with Gasteiger partial charge in [0.05, 0.1) is 6.07 Å². The molecule has 0 spiro atoms. The molecule has 2 N–H and O–H groups in total. The first-order valence-electron chi connectivity index (χ1n) is 5.73. The zero-order valence-electron chi connectivity index (χ0n) is 9.99. The smallest absolute Gasteiger partial charge is 0.170 e. The molecule has 0 heterocycles. The van der Waals surface area contributed by atoms with E-state index in [-0.39, 0.29) is 0 Å². The minimum absolute atomic E-state index is 0.506. The Labute approximate surface area is 116 Å². The van der Waals surface area contributed by atoms with Gasteiger partial charge in [-0.05, 0) is 28.8 Å². The third kappa shape index (κ3) is 3.12. The van der Waals surface area contributed by atoms with E-state index in [2.05, 4.69) is 0 Å². The summed E-state index contributed by atoms with van der Waals surface area (Å²) in [7, 11) is 0. The Kier molecular flexibility index (Phi) is 4.18. The number of nitriles is 1. The van der Waals surface area contributed by atoms with Crippen LogP contribution in [0.25, 0.3) is 11.1 Å². The minimum Gasteiger partial charge on any atom is -0.385 e. The van der Waals surface area contributed by atoms with E-state index in [9.17, 15) is 10.2 Å². The van der Waals surface area contributed by atoms with Crippen molar-refractivity contribution in [2.45, 2.75) is 12.2 Å². The Morgan fingerprint density at radius 2 is 1.37 bits per heavy atom. The molecule has 2 aromatic rings. The third-order valence-corrected chi connectivity index (χ3v) is 3.11. The van der Waals surface area contributed by atoms with Crippen LogP contribution in [0.1, 0.15) is 11.7 Å². The van der Waals surface area contributed by atoms with Crippen molar-refractivity contribution in [2.24, 2.45) is 0 Å². The first-order valence-corrected chi connectivity index (χ1v) is 6.11. The fourth-order valence-corrected chi connectivity index (χ4v) is 1.89. The summed E-state index contributed by atoms with van der Waals surface area (Å²) in [4.78, 5) is 0. The predicted octanol–water partition coefficient (Wildman–Crippen LogP) is 2.92. The molecule has 2 rings (SSSR count). The van der Waals surface area contributed by atoms with Crippen molar-refractivity contribution in [3.05, 3.63) is 59.1 Å². The standard InChI is InChI=1S/C15H12ClNO2/c16-13-7-5-11(6-8-13)10-1-3-12(4-2-10)15(19)14(18)9-17/h1-8,14-15,18-19H. The molecular weight excluding hydrogens is 262 g/mol. The van der Waals surface area contributed by atoms with Crippen LogP contribution in [0.5, 0.6) is 0 Å². The number of aliphatic hydroxyl groups is 2. The zero-order chi connectivity index (χ0) is 13.8. The highest BCUT2D eigenvalue weighted by molar-refractivity contribution is 6.30. The lowest BCUT2D eigenvalue weighted by Crippen LogP contribution is -2.15. The lowest BCUT2D eigenvalue weighted by molar-refractivity contribution is 0.0528. The van der Waals surface area contributed by atoms with E-state index in [1.807, 2.05) is 24.3 Å². The largest absolute Gasteiger partial charge is 0.385 e. The normalized spacial score (nSPS) is 13.6. The van der Waals surface area contributed by atoms with Crippen LogP contribution >= 0.6 is 11.6 Å². The topological polar surface area (TPSA) is 64.2 Å². The molecule has 19 heavy (non-hydrogen) atoms.